The van der Waals surface area contributed by atoms with Crippen LogP contribution in [0.2, 0.25) is 5.02 Å². The topological polar surface area (TPSA) is 17.3 Å². The number of alkyl halides is 3. The molecule has 3 aromatic rings. The van der Waals surface area contributed by atoms with Gasteiger partial charge in [0.2, 0.25) is 0 Å². The van der Waals surface area contributed by atoms with E-state index in [9.17, 15) is 13.2 Å². The van der Waals surface area contributed by atoms with E-state index >= 15 is 0 Å². The van der Waals surface area contributed by atoms with Crippen molar-refractivity contribution in [1.29, 1.82) is 0 Å². The molecule has 0 bridgehead atoms. The average molecular weight is 297 g/mol. The summed E-state index contributed by atoms with van der Waals surface area (Å²) in [7, 11) is 0. The zero-order chi connectivity index (χ0) is 14.3. The summed E-state index contributed by atoms with van der Waals surface area (Å²) in [6.07, 6.45) is -1.35. The van der Waals surface area contributed by atoms with Crippen LogP contribution in [-0.4, -0.2) is 9.38 Å². The van der Waals surface area contributed by atoms with Gasteiger partial charge in [-0.3, -0.25) is 0 Å². The summed E-state index contributed by atoms with van der Waals surface area (Å²) in [4.78, 5) is 4.07. The van der Waals surface area contributed by atoms with Gasteiger partial charge in [-0.05, 0) is 24.3 Å². The summed E-state index contributed by atoms with van der Waals surface area (Å²) in [6, 6.07) is 9.20. The van der Waals surface area contributed by atoms with Crippen LogP contribution in [0.4, 0.5) is 13.2 Å². The Labute approximate surface area is 117 Å². The Morgan fingerprint density at radius 1 is 1.10 bits per heavy atom. The first-order valence-corrected chi connectivity index (χ1v) is 6.14. The first kappa shape index (κ1) is 13.0. The van der Waals surface area contributed by atoms with Crippen LogP contribution in [0, 0.1) is 0 Å². The average Bonchev–Trinajstić information content (AvgIpc) is 2.81. The number of hydrogen-bond donors (Lipinski definition) is 0. The second-order valence-electron chi connectivity index (χ2n) is 4.29. The van der Waals surface area contributed by atoms with Crippen molar-refractivity contribution in [1.82, 2.24) is 9.38 Å². The third-order valence-electron chi connectivity index (χ3n) is 2.91. The number of rotatable bonds is 1. The fourth-order valence-electron chi connectivity index (χ4n) is 2.02. The van der Waals surface area contributed by atoms with Gasteiger partial charge in [-0.25, -0.2) is 4.98 Å². The van der Waals surface area contributed by atoms with Gasteiger partial charge in [0.15, 0.2) is 0 Å². The molecule has 0 fully saturated rings. The Morgan fingerprint density at radius 2 is 1.90 bits per heavy atom. The van der Waals surface area contributed by atoms with E-state index in [-0.39, 0.29) is 5.65 Å². The molecule has 0 radical (unpaired) electrons. The zero-order valence-corrected chi connectivity index (χ0v) is 10.8. The molecule has 20 heavy (non-hydrogen) atoms. The molecule has 0 aliphatic carbocycles. The van der Waals surface area contributed by atoms with Crippen molar-refractivity contribution in [2.24, 2.45) is 0 Å². The van der Waals surface area contributed by atoms with E-state index < -0.39 is 11.7 Å². The van der Waals surface area contributed by atoms with Crippen LogP contribution < -0.4 is 0 Å². The highest BCUT2D eigenvalue weighted by atomic mass is 35.5. The SMILES string of the molecule is FC(F)(F)c1cccn2cc(-c3cccc(Cl)c3)nc12. The quantitative estimate of drug-likeness (QED) is 0.637. The van der Waals surface area contributed by atoms with E-state index in [1.165, 1.54) is 16.7 Å². The number of benzene rings is 1. The van der Waals surface area contributed by atoms with Crippen LogP contribution in [0.5, 0.6) is 0 Å². The monoisotopic (exact) mass is 296 g/mol. The summed E-state index contributed by atoms with van der Waals surface area (Å²) in [6.45, 7) is 0. The van der Waals surface area contributed by atoms with Gasteiger partial charge in [0, 0.05) is 23.0 Å². The lowest BCUT2D eigenvalue weighted by molar-refractivity contribution is -0.136. The molecule has 3 rings (SSSR count). The van der Waals surface area contributed by atoms with Crippen LogP contribution in [0.1, 0.15) is 5.56 Å². The van der Waals surface area contributed by atoms with Crippen molar-refractivity contribution in [2.45, 2.75) is 6.18 Å². The van der Waals surface area contributed by atoms with E-state index in [0.29, 0.717) is 16.3 Å². The number of pyridine rings is 1. The molecule has 0 saturated carbocycles. The third kappa shape index (κ3) is 2.25. The van der Waals surface area contributed by atoms with Crippen molar-refractivity contribution in [3.8, 4) is 11.3 Å². The summed E-state index contributed by atoms with van der Waals surface area (Å²) < 4.78 is 40.1. The minimum Gasteiger partial charge on any atom is -0.306 e. The second kappa shape index (κ2) is 4.52. The third-order valence-corrected chi connectivity index (χ3v) is 3.14. The van der Waals surface area contributed by atoms with Crippen molar-refractivity contribution < 1.29 is 13.2 Å². The minimum absolute atomic E-state index is 0.116. The zero-order valence-electron chi connectivity index (χ0n) is 10.0. The summed E-state index contributed by atoms with van der Waals surface area (Å²) in [5.74, 6) is 0. The van der Waals surface area contributed by atoms with E-state index in [4.69, 9.17) is 11.6 Å². The molecule has 0 aliphatic rings. The molecule has 102 valence electrons. The summed E-state index contributed by atoms with van der Waals surface area (Å²) in [5, 5.41) is 0.510. The molecule has 0 amide bonds. The lowest BCUT2D eigenvalue weighted by Crippen LogP contribution is -2.07. The minimum atomic E-state index is -4.43. The number of imidazole rings is 1. The molecule has 6 heteroatoms. The Balaban J connectivity index is 2.21. The van der Waals surface area contributed by atoms with Crippen molar-refractivity contribution in [2.75, 3.05) is 0 Å². The molecule has 0 atom stereocenters. The Morgan fingerprint density at radius 3 is 2.60 bits per heavy atom. The largest absolute Gasteiger partial charge is 0.419 e. The molecule has 2 aromatic heterocycles. The lowest BCUT2D eigenvalue weighted by Gasteiger charge is -2.06. The highest BCUT2D eigenvalue weighted by molar-refractivity contribution is 6.30. The van der Waals surface area contributed by atoms with Crippen LogP contribution in [0.3, 0.4) is 0 Å². The molecule has 1 aromatic carbocycles. The second-order valence-corrected chi connectivity index (χ2v) is 4.72. The number of hydrogen-bond acceptors (Lipinski definition) is 1. The standard InChI is InChI=1S/C14H8ClF3N2/c15-10-4-1-3-9(7-10)12-8-20-6-2-5-11(13(20)19-12)14(16,17)18/h1-8H. The van der Waals surface area contributed by atoms with Gasteiger partial charge in [-0.2, -0.15) is 13.2 Å². The van der Waals surface area contributed by atoms with Gasteiger partial charge in [0.25, 0.3) is 0 Å². The predicted molar refractivity (Wildman–Crippen MR) is 70.6 cm³/mol. The fourth-order valence-corrected chi connectivity index (χ4v) is 2.21. The van der Waals surface area contributed by atoms with Crippen LogP contribution >= 0.6 is 11.6 Å². The highest BCUT2D eigenvalue weighted by Crippen LogP contribution is 2.33. The van der Waals surface area contributed by atoms with Gasteiger partial charge < -0.3 is 4.40 Å². The Bertz CT molecular complexity index is 777. The highest BCUT2D eigenvalue weighted by Gasteiger charge is 2.33. The number of aromatic nitrogens is 2. The lowest BCUT2D eigenvalue weighted by atomic mass is 10.2. The van der Waals surface area contributed by atoms with E-state index in [0.717, 1.165) is 6.07 Å². The molecule has 2 heterocycles. The van der Waals surface area contributed by atoms with E-state index in [2.05, 4.69) is 4.98 Å². The molecule has 0 N–H and O–H groups in total. The maximum atomic E-state index is 12.9. The molecule has 0 aliphatic heterocycles. The van der Waals surface area contributed by atoms with Gasteiger partial charge in [-0.1, -0.05) is 23.7 Å². The van der Waals surface area contributed by atoms with Crippen molar-refractivity contribution in [3.63, 3.8) is 0 Å². The van der Waals surface area contributed by atoms with Crippen LogP contribution in [-0.2, 0) is 6.18 Å². The smallest absolute Gasteiger partial charge is 0.306 e. The van der Waals surface area contributed by atoms with Gasteiger partial charge in [0.05, 0.1) is 11.3 Å². The van der Waals surface area contributed by atoms with Gasteiger partial charge >= 0.3 is 6.18 Å². The molecular formula is C14H8ClF3N2. The molecule has 0 unspecified atom stereocenters. The van der Waals surface area contributed by atoms with Crippen molar-refractivity contribution >= 4 is 17.2 Å². The van der Waals surface area contributed by atoms with Crippen LogP contribution in [0.15, 0.2) is 48.8 Å². The first-order chi connectivity index (χ1) is 9.45. The predicted octanol–water partition coefficient (Wildman–Crippen LogP) is 4.67. The molecular weight excluding hydrogens is 289 g/mol. The summed E-state index contributed by atoms with van der Waals surface area (Å²) >= 11 is 5.88. The van der Waals surface area contributed by atoms with E-state index in [1.807, 2.05) is 0 Å². The van der Waals surface area contributed by atoms with Gasteiger partial charge in [-0.15, -0.1) is 0 Å². The number of fused-ring (bicyclic) bond motifs is 1. The van der Waals surface area contributed by atoms with E-state index in [1.54, 1.807) is 30.5 Å². The first-order valence-electron chi connectivity index (χ1n) is 5.76. The number of nitrogens with zero attached hydrogens (tertiary/aromatic N) is 2. The van der Waals surface area contributed by atoms with Crippen molar-refractivity contribution in [3.05, 3.63) is 59.4 Å². The molecule has 0 saturated heterocycles. The maximum absolute atomic E-state index is 12.9. The Kier molecular flexibility index (Phi) is 2.94. The normalized spacial score (nSPS) is 12.0. The number of halogens is 4. The van der Waals surface area contributed by atoms with Crippen LogP contribution in [0.25, 0.3) is 16.9 Å². The molecule has 0 spiro atoms. The molecule has 2 nitrogen and oxygen atoms in total. The fraction of sp³-hybridized carbons (Fsp3) is 0.0714. The maximum Gasteiger partial charge on any atom is 0.419 e. The van der Waals surface area contributed by atoms with Gasteiger partial charge in [0.1, 0.15) is 5.65 Å². The Hall–Kier alpha value is -2.01. The summed E-state index contributed by atoms with van der Waals surface area (Å²) in [5.41, 5.74) is 0.252.